The zero-order valence-electron chi connectivity index (χ0n) is 16.9. The second-order valence-electron chi connectivity index (χ2n) is 7.05. The maximum Gasteiger partial charge on any atom is 0.338 e. The molecule has 3 aromatic rings. The highest BCUT2D eigenvalue weighted by Gasteiger charge is 2.18. The number of carbonyl (C=O) groups is 3. The molecular weight excluding hydrogens is 385 g/mol. The third kappa shape index (κ3) is 4.89. The molecule has 0 bridgehead atoms. The van der Waals surface area contributed by atoms with Gasteiger partial charge >= 0.3 is 5.97 Å². The standard InChI is InChI=1S/C24H22FNO4/c1-16-13-22(17(2)26(16)12-11-18-5-9-21(25)10-6-18)23(28)15-30-24(29)20-7-3-19(14-27)4-8-20/h3-10,13-14H,11-12,15H2,1-2H3. The van der Waals surface area contributed by atoms with Crippen LogP contribution in [0.2, 0.25) is 0 Å². The van der Waals surface area contributed by atoms with Crippen LogP contribution in [0.5, 0.6) is 0 Å². The van der Waals surface area contributed by atoms with E-state index in [4.69, 9.17) is 4.74 Å². The van der Waals surface area contributed by atoms with Crippen molar-refractivity contribution >= 4 is 18.0 Å². The number of Topliss-reactive ketones (excluding diaryl/α,β-unsaturated/α-hetero) is 1. The van der Waals surface area contributed by atoms with Crippen LogP contribution in [0.15, 0.2) is 54.6 Å². The number of ketones is 1. The smallest absolute Gasteiger partial charge is 0.338 e. The maximum absolute atomic E-state index is 13.0. The van der Waals surface area contributed by atoms with Gasteiger partial charge in [-0.05, 0) is 56.2 Å². The first-order valence-corrected chi connectivity index (χ1v) is 9.56. The van der Waals surface area contributed by atoms with E-state index >= 15 is 0 Å². The number of rotatable bonds is 8. The summed E-state index contributed by atoms with van der Waals surface area (Å²) < 4.78 is 20.2. The van der Waals surface area contributed by atoms with E-state index < -0.39 is 5.97 Å². The number of aldehydes is 1. The van der Waals surface area contributed by atoms with Crippen LogP contribution in [0.4, 0.5) is 4.39 Å². The predicted octanol–water partition coefficient (Wildman–Crippen LogP) is 4.34. The number of hydrogen-bond donors (Lipinski definition) is 0. The number of hydrogen-bond acceptors (Lipinski definition) is 4. The summed E-state index contributed by atoms with van der Waals surface area (Å²) in [5, 5.41) is 0. The van der Waals surface area contributed by atoms with E-state index in [1.807, 2.05) is 18.4 Å². The van der Waals surface area contributed by atoms with E-state index in [0.717, 1.165) is 17.0 Å². The number of benzene rings is 2. The Bertz CT molecular complexity index is 1070. The summed E-state index contributed by atoms with van der Waals surface area (Å²) >= 11 is 0. The molecule has 0 radical (unpaired) electrons. The summed E-state index contributed by atoms with van der Waals surface area (Å²) in [6.07, 6.45) is 1.39. The molecule has 0 spiro atoms. The van der Waals surface area contributed by atoms with Gasteiger partial charge < -0.3 is 9.30 Å². The number of aryl methyl sites for hydroxylation is 2. The summed E-state index contributed by atoms with van der Waals surface area (Å²) in [5.74, 6) is -1.17. The molecule has 1 heterocycles. The molecule has 0 aliphatic rings. The third-order valence-electron chi connectivity index (χ3n) is 5.03. The molecule has 3 rings (SSSR count). The van der Waals surface area contributed by atoms with Crippen molar-refractivity contribution in [2.75, 3.05) is 6.61 Å². The molecule has 0 atom stereocenters. The van der Waals surface area contributed by atoms with Crippen LogP contribution in [0, 0.1) is 19.7 Å². The summed E-state index contributed by atoms with van der Waals surface area (Å²) in [6, 6.07) is 14.1. The fourth-order valence-electron chi connectivity index (χ4n) is 3.31. The molecule has 0 unspecified atom stereocenters. The summed E-state index contributed by atoms with van der Waals surface area (Å²) in [4.78, 5) is 35.4. The Kier molecular flexibility index (Phi) is 6.57. The van der Waals surface area contributed by atoms with Crippen molar-refractivity contribution in [3.63, 3.8) is 0 Å². The molecule has 6 heteroatoms. The molecule has 0 N–H and O–H groups in total. The van der Waals surface area contributed by atoms with Gasteiger partial charge in [-0.15, -0.1) is 0 Å². The molecule has 0 aliphatic carbocycles. The molecule has 2 aromatic carbocycles. The van der Waals surface area contributed by atoms with E-state index in [9.17, 15) is 18.8 Å². The highest BCUT2D eigenvalue weighted by atomic mass is 19.1. The van der Waals surface area contributed by atoms with Crippen molar-refractivity contribution in [1.29, 1.82) is 0 Å². The monoisotopic (exact) mass is 407 g/mol. The minimum atomic E-state index is -0.620. The van der Waals surface area contributed by atoms with Crippen molar-refractivity contribution < 1.29 is 23.5 Å². The zero-order valence-corrected chi connectivity index (χ0v) is 16.9. The van der Waals surface area contributed by atoms with Gasteiger partial charge in [-0.25, -0.2) is 9.18 Å². The average molecular weight is 407 g/mol. The minimum Gasteiger partial charge on any atom is -0.454 e. The second-order valence-corrected chi connectivity index (χ2v) is 7.05. The second kappa shape index (κ2) is 9.31. The van der Waals surface area contributed by atoms with Crippen molar-refractivity contribution in [1.82, 2.24) is 4.57 Å². The molecule has 0 aliphatic heterocycles. The summed E-state index contributed by atoms with van der Waals surface area (Å²) in [5.41, 5.74) is 3.97. The van der Waals surface area contributed by atoms with E-state index in [2.05, 4.69) is 0 Å². The van der Waals surface area contributed by atoms with Gasteiger partial charge in [0.15, 0.2) is 6.61 Å². The molecular formula is C24H22FNO4. The lowest BCUT2D eigenvalue weighted by molar-refractivity contribution is 0.0474. The average Bonchev–Trinajstić information content (AvgIpc) is 3.05. The van der Waals surface area contributed by atoms with Gasteiger partial charge in [0.25, 0.3) is 0 Å². The number of aromatic nitrogens is 1. The number of nitrogens with zero attached hydrogens (tertiary/aromatic N) is 1. The molecule has 0 fully saturated rings. The molecule has 30 heavy (non-hydrogen) atoms. The normalized spacial score (nSPS) is 10.6. The maximum atomic E-state index is 13.0. The molecule has 0 amide bonds. The Morgan fingerprint density at radius 2 is 1.70 bits per heavy atom. The van der Waals surface area contributed by atoms with Crippen LogP contribution in [0.3, 0.4) is 0 Å². The lowest BCUT2D eigenvalue weighted by Gasteiger charge is -2.10. The highest BCUT2D eigenvalue weighted by molar-refractivity contribution is 6.00. The molecule has 1 aromatic heterocycles. The first-order valence-electron chi connectivity index (χ1n) is 9.56. The number of esters is 1. The lowest BCUT2D eigenvalue weighted by atomic mass is 10.1. The van der Waals surface area contributed by atoms with Crippen LogP contribution in [-0.2, 0) is 17.7 Å². The van der Waals surface area contributed by atoms with Crippen LogP contribution in [-0.4, -0.2) is 29.2 Å². The van der Waals surface area contributed by atoms with Crippen molar-refractivity contribution in [3.8, 4) is 0 Å². The Hall–Kier alpha value is -3.54. The Morgan fingerprint density at radius 3 is 2.33 bits per heavy atom. The van der Waals surface area contributed by atoms with E-state index in [0.29, 0.717) is 30.4 Å². The van der Waals surface area contributed by atoms with Crippen LogP contribution in [0.1, 0.15) is 48.0 Å². The van der Waals surface area contributed by atoms with Gasteiger partial charge in [-0.1, -0.05) is 24.3 Å². The Morgan fingerprint density at radius 1 is 1.03 bits per heavy atom. The minimum absolute atomic E-state index is 0.269. The van der Waals surface area contributed by atoms with Gasteiger partial charge in [-0.3, -0.25) is 9.59 Å². The zero-order chi connectivity index (χ0) is 21.7. The summed E-state index contributed by atoms with van der Waals surface area (Å²) in [7, 11) is 0. The van der Waals surface area contributed by atoms with Crippen molar-refractivity contribution in [2.24, 2.45) is 0 Å². The predicted molar refractivity (Wildman–Crippen MR) is 110 cm³/mol. The first-order chi connectivity index (χ1) is 14.4. The molecule has 154 valence electrons. The first kappa shape index (κ1) is 21.2. The fraction of sp³-hybridized carbons (Fsp3) is 0.208. The van der Waals surface area contributed by atoms with Gasteiger partial charge in [0.1, 0.15) is 12.1 Å². The molecule has 0 saturated heterocycles. The number of halogens is 1. The van der Waals surface area contributed by atoms with Crippen molar-refractivity contribution in [3.05, 3.63) is 94.1 Å². The lowest BCUT2D eigenvalue weighted by Crippen LogP contribution is -2.15. The number of carbonyl (C=O) groups excluding carboxylic acids is 3. The van der Waals surface area contributed by atoms with Gasteiger partial charge in [0.2, 0.25) is 5.78 Å². The largest absolute Gasteiger partial charge is 0.454 e. The van der Waals surface area contributed by atoms with E-state index in [1.54, 1.807) is 18.2 Å². The Balaban J connectivity index is 1.62. The van der Waals surface area contributed by atoms with Crippen LogP contribution in [0.25, 0.3) is 0 Å². The van der Waals surface area contributed by atoms with Gasteiger partial charge in [0, 0.05) is 29.1 Å². The van der Waals surface area contributed by atoms with Crippen molar-refractivity contribution in [2.45, 2.75) is 26.8 Å². The molecule has 0 saturated carbocycles. The fourth-order valence-corrected chi connectivity index (χ4v) is 3.31. The third-order valence-corrected chi connectivity index (χ3v) is 5.03. The van der Waals surface area contributed by atoms with Gasteiger partial charge in [0.05, 0.1) is 5.56 Å². The summed E-state index contributed by atoms with van der Waals surface area (Å²) in [6.45, 7) is 4.05. The van der Waals surface area contributed by atoms with Crippen LogP contribution >= 0.6 is 0 Å². The van der Waals surface area contributed by atoms with E-state index in [1.165, 1.54) is 36.4 Å². The SMILES string of the molecule is Cc1cc(C(=O)COC(=O)c2ccc(C=O)cc2)c(C)n1CCc1ccc(F)cc1. The molecule has 5 nitrogen and oxygen atoms in total. The topological polar surface area (TPSA) is 65.4 Å². The van der Waals surface area contributed by atoms with Gasteiger partial charge in [-0.2, -0.15) is 0 Å². The van der Waals surface area contributed by atoms with Crippen LogP contribution < -0.4 is 0 Å². The number of ether oxygens (including phenoxy) is 1. The Labute approximate surface area is 174 Å². The quantitative estimate of drug-likeness (QED) is 0.317. The van der Waals surface area contributed by atoms with E-state index in [-0.39, 0.29) is 23.8 Å². The highest BCUT2D eigenvalue weighted by Crippen LogP contribution is 2.17.